The predicted molar refractivity (Wildman–Crippen MR) is 129 cm³/mol. The monoisotopic (exact) mass is 434 g/mol. The van der Waals surface area contributed by atoms with Crippen molar-refractivity contribution in [2.75, 3.05) is 26.2 Å². The molecule has 0 spiro atoms. The second-order valence-corrected chi connectivity index (χ2v) is 9.86. The molecule has 2 aromatic carbocycles. The summed E-state index contributed by atoms with van der Waals surface area (Å²) in [6.07, 6.45) is 5.87. The summed E-state index contributed by atoms with van der Waals surface area (Å²) in [7, 11) is 0. The van der Waals surface area contributed by atoms with Crippen molar-refractivity contribution >= 4 is 5.91 Å². The summed E-state index contributed by atoms with van der Waals surface area (Å²) in [5, 5.41) is 0. The molecule has 32 heavy (non-hydrogen) atoms. The van der Waals surface area contributed by atoms with Crippen LogP contribution in [0.25, 0.3) is 0 Å². The highest BCUT2D eigenvalue weighted by molar-refractivity contribution is 5.81. The first kappa shape index (κ1) is 23.0. The van der Waals surface area contributed by atoms with Crippen molar-refractivity contribution in [1.82, 2.24) is 9.80 Å². The molecule has 0 aromatic heterocycles. The molecule has 1 fully saturated rings. The van der Waals surface area contributed by atoms with Gasteiger partial charge in [-0.3, -0.25) is 9.69 Å². The molecule has 0 bridgehead atoms. The first-order valence-electron chi connectivity index (χ1n) is 12.4. The molecule has 4 rings (SSSR count). The van der Waals surface area contributed by atoms with Crippen molar-refractivity contribution in [2.24, 2.45) is 5.92 Å². The minimum absolute atomic E-state index is 0.131. The quantitative estimate of drug-likeness (QED) is 0.585. The molecular weight excluding hydrogens is 396 g/mol. The van der Waals surface area contributed by atoms with Gasteiger partial charge in [-0.05, 0) is 53.9 Å². The average Bonchev–Trinajstić information content (AvgIpc) is 3.04. The van der Waals surface area contributed by atoms with Crippen LogP contribution in [0.3, 0.4) is 0 Å². The van der Waals surface area contributed by atoms with Gasteiger partial charge in [0.15, 0.2) is 0 Å². The van der Waals surface area contributed by atoms with E-state index in [0.717, 1.165) is 19.6 Å². The molecule has 172 valence electrons. The lowest BCUT2D eigenvalue weighted by atomic mass is 9.99. The smallest absolute Gasteiger partial charge is 0.253 e. The third kappa shape index (κ3) is 6.20. The van der Waals surface area contributed by atoms with Crippen molar-refractivity contribution in [2.45, 2.75) is 65.1 Å². The molecule has 0 saturated carbocycles. The van der Waals surface area contributed by atoms with Gasteiger partial charge >= 0.3 is 0 Å². The Morgan fingerprint density at radius 3 is 2.59 bits per heavy atom. The third-order valence-corrected chi connectivity index (χ3v) is 6.61. The molecule has 0 radical (unpaired) electrons. The Kier molecular flexibility index (Phi) is 7.99. The van der Waals surface area contributed by atoms with E-state index >= 15 is 0 Å². The summed E-state index contributed by atoms with van der Waals surface area (Å²) < 4.78 is 5.98. The second kappa shape index (κ2) is 11.1. The van der Waals surface area contributed by atoms with Crippen LogP contribution in [0.15, 0.2) is 48.5 Å². The van der Waals surface area contributed by atoms with E-state index in [9.17, 15) is 4.79 Å². The predicted octanol–water partition coefficient (Wildman–Crippen LogP) is 4.84. The Morgan fingerprint density at radius 1 is 1.03 bits per heavy atom. The van der Waals surface area contributed by atoms with Crippen molar-refractivity contribution in [3.63, 3.8) is 0 Å². The van der Waals surface area contributed by atoms with Crippen LogP contribution in [0.5, 0.6) is 0 Å². The summed E-state index contributed by atoms with van der Waals surface area (Å²) in [5.74, 6) is 0.551. The standard InChI is InChI=1S/C28H38N2O2/c1-22(2)18-30(20-24-13-14-25-11-7-4-8-12-26(25)17-24)28(31)27-21-29(15-16-32-27)19-23-9-5-3-6-10-23/h3,5-6,9-10,13-14,17,22,27H,4,7-8,11-12,15-16,18-21H2,1-2H3. The van der Waals surface area contributed by atoms with E-state index in [2.05, 4.69) is 61.2 Å². The minimum Gasteiger partial charge on any atom is -0.366 e. The Hall–Kier alpha value is -2.17. The van der Waals surface area contributed by atoms with Gasteiger partial charge in [0.2, 0.25) is 0 Å². The average molecular weight is 435 g/mol. The van der Waals surface area contributed by atoms with Gasteiger partial charge in [0.25, 0.3) is 5.91 Å². The fourth-order valence-corrected chi connectivity index (χ4v) is 5.00. The molecular formula is C28H38N2O2. The maximum atomic E-state index is 13.6. The molecule has 1 heterocycles. The molecule has 1 aliphatic carbocycles. The third-order valence-electron chi connectivity index (χ3n) is 6.61. The van der Waals surface area contributed by atoms with E-state index in [4.69, 9.17) is 4.74 Å². The first-order chi connectivity index (χ1) is 15.6. The molecule has 1 atom stereocenters. The van der Waals surface area contributed by atoms with Crippen LogP contribution in [-0.4, -0.2) is 48.1 Å². The lowest BCUT2D eigenvalue weighted by Gasteiger charge is -2.35. The number of morpholine rings is 1. The zero-order chi connectivity index (χ0) is 22.3. The molecule has 1 unspecified atom stereocenters. The second-order valence-electron chi connectivity index (χ2n) is 9.86. The Bertz CT molecular complexity index is 880. The van der Waals surface area contributed by atoms with Crippen LogP contribution >= 0.6 is 0 Å². The van der Waals surface area contributed by atoms with Gasteiger partial charge in [-0.25, -0.2) is 0 Å². The number of aryl methyl sites for hydroxylation is 2. The Morgan fingerprint density at radius 2 is 1.81 bits per heavy atom. The van der Waals surface area contributed by atoms with Crippen LogP contribution in [0.4, 0.5) is 0 Å². The zero-order valence-corrected chi connectivity index (χ0v) is 19.8. The van der Waals surface area contributed by atoms with Gasteiger partial charge in [0.05, 0.1) is 6.61 Å². The summed E-state index contributed by atoms with van der Waals surface area (Å²) in [4.78, 5) is 17.9. The Balaban J connectivity index is 1.44. The van der Waals surface area contributed by atoms with E-state index in [1.54, 1.807) is 0 Å². The summed E-state index contributed by atoms with van der Waals surface area (Å²) in [5.41, 5.74) is 5.52. The topological polar surface area (TPSA) is 32.8 Å². The van der Waals surface area contributed by atoms with Crippen LogP contribution in [0.1, 0.15) is 55.4 Å². The van der Waals surface area contributed by atoms with Gasteiger partial charge in [-0.1, -0.05) is 68.8 Å². The van der Waals surface area contributed by atoms with E-state index in [-0.39, 0.29) is 12.0 Å². The fourth-order valence-electron chi connectivity index (χ4n) is 5.00. The van der Waals surface area contributed by atoms with Crippen molar-refractivity contribution in [3.8, 4) is 0 Å². The lowest BCUT2D eigenvalue weighted by Crippen LogP contribution is -2.51. The number of carbonyl (C=O) groups excluding carboxylic acids is 1. The van der Waals surface area contributed by atoms with Crippen LogP contribution in [0.2, 0.25) is 0 Å². The number of hydrogen-bond acceptors (Lipinski definition) is 3. The molecule has 4 heteroatoms. The largest absolute Gasteiger partial charge is 0.366 e. The van der Waals surface area contributed by atoms with E-state index in [1.165, 1.54) is 54.4 Å². The summed E-state index contributed by atoms with van der Waals surface area (Å²) >= 11 is 0. The summed E-state index contributed by atoms with van der Waals surface area (Å²) in [6.45, 7) is 8.79. The molecule has 1 aliphatic heterocycles. The van der Waals surface area contributed by atoms with E-state index in [1.807, 2.05) is 11.0 Å². The lowest BCUT2D eigenvalue weighted by molar-refractivity contribution is -0.151. The van der Waals surface area contributed by atoms with Crippen molar-refractivity contribution in [1.29, 1.82) is 0 Å². The number of benzene rings is 2. The van der Waals surface area contributed by atoms with Crippen LogP contribution in [0, 0.1) is 5.92 Å². The van der Waals surface area contributed by atoms with Gasteiger partial charge in [0, 0.05) is 32.7 Å². The highest BCUT2D eigenvalue weighted by Gasteiger charge is 2.30. The molecule has 1 amide bonds. The van der Waals surface area contributed by atoms with Gasteiger partial charge in [-0.15, -0.1) is 0 Å². The zero-order valence-electron chi connectivity index (χ0n) is 19.8. The van der Waals surface area contributed by atoms with Gasteiger partial charge in [-0.2, -0.15) is 0 Å². The SMILES string of the molecule is CC(C)CN(Cc1ccc2c(c1)CCCCC2)C(=O)C1CN(Cc2ccccc2)CCO1. The van der Waals surface area contributed by atoms with Crippen LogP contribution in [-0.2, 0) is 35.5 Å². The molecule has 4 nitrogen and oxygen atoms in total. The number of carbonyl (C=O) groups is 1. The van der Waals surface area contributed by atoms with Crippen molar-refractivity contribution < 1.29 is 9.53 Å². The number of ether oxygens (including phenoxy) is 1. The van der Waals surface area contributed by atoms with Crippen LogP contribution < -0.4 is 0 Å². The highest BCUT2D eigenvalue weighted by atomic mass is 16.5. The number of nitrogens with zero attached hydrogens (tertiary/aromatic N) is 2. The van der Waals surface area contributed by atoms with Crippen molar-refractivity contribution in [3.05, 3.63) is 70.8 Å². The maximum absolute atomic E-state index is 13.6. The number of hydrogen-bond donors (Lipinski definition) is 0. The molecule has 1 saturated heterocycles. The molecule has 2 aromatic rings. The highest BCUT2D eigenvalue weighted by Crippen LogP contribution is 2.23. The van der Waals surface area contributed by atoms with E-state index in [0.29, 0.717) is 25.6 Å². The number of amides is 1. The summed E-state index contributed by atoms with van der Waals surface area (Å²) in [6, 6.07) is 17.4. The maximum Gasteiger partial charge on any atom is 0.253 e. The van der Waals surface area contributed by atoms with E-state index < -0.39 is 0 Å². The number of fused-ring (bicyclic) bond motifs is 1. The van der Waals surface area contributed by atoms with Gasteiger partial charge < -0.3 is 9.64 Å². The first-order valence-corrected chi connectivity index (χ1v) is 12.4. The molecule has 0 N–H and O–H groups in total. The fraction of sp³-hybridized carbons (Fsp3) is 0.536. The minimum atomic E-state index is -0.382. The Labute approximate surface area is 193 Å². The number of rotatable bonds is 7. The molecule has 2 aliphatic rings. The normalized spacial score (nSPS) is 19.4. The van der Waals surface area contributed by atoms with Gasteiger partial charge in [0.1, 0.15) is 6.10 Å².